The minimum atomic E-state index is 0.0246. The zero-order valence-electron chi connectivity index (χ0n) is 11.1. The average Bonchev–Trinajstić information content (AvgIpc) is 2.48. The van der Waals surface area contributed by atoms with Crippen molar-refractivity contribution in [2.45, 2.75) is 17.7 Å². The first kappa shape index (κ1) is 12.9. The summed E-state index contributed by atoms with van der Waals surface area (Å²) in [6, 6.07) is 17.5. The molecule has 4 heteroatoms. The summed E-state index contributed by atoms with van der Waals surface area (Å²) >= 11 is 1.63. The third-order valence-electron chi connectivity index (χ3n) is 3.16. The summed E-state index contributed by atoms with van der Waals surface area (Å²) in [5, 5.41) is 0.673. The first-order valence-corrected chi connectivity index (χ1v) is 7.38. The molecule has 0 fully saturated rings. The number of rotatable bonds is 3. The molecule has 0 saturated heterocycles. The van der Waals surface area contributed by atoms with E-state index in [1.54, 1.807) is 16.3 Å². The molecular formula is C16H14N2OS. The van der Waals surface area contributed by atoms with Crippen molar-refractivity contribution in [3.05, 3.63) is 70.8 Å². The summed E-state index contributed by atoms with van der Waals surface area (Å²) in [4.78, 5) is 18.1. The predicted molar refractivity (Wildman–Crippen MR) is 83.0 cm³/mol. The van der Waals surface area contributed by atoms with E-state index in [-0.39, 0.29) is 5.56 Å². The fraction of sp³-hybridized carbons (Fsp3) is 0.125. The number of benzene rings is 2. The van der Waals surface area contributed by atoms with Crippen LogP contribution in [0.25, 0.3) is 10.9 Å². The van der Waals surface area contributed by atoms with E-state index in [4.69, 9.17) is 0 Å². The average molecular weight is 282 g/mol. The molecule has 3 aromatic rings. The Bertz CT molecular complexity index is 796. The van der Waals surface area contributed by atoms with E-state index in [2.05, 4.69) is 4.98 Å². The topological polar surface area (TPSA) is 34.9 Å². The van der Waals surface area contributed by atoms with E-state index in [0.29, 0.717) is 11.3 Å². The molecule has 1 aromatic heterocycles. The van der Waals surface area contributed by atoms with Crippen LogP contribution in [0.5, 0.6) is 0 Å². The second kappa shape index (κ2) is 5.51. The number of fused-ring (bicyclic) bond motifs is 1. The zero-order chi connectivity index (χ0) is 13.9. The number of thioether (sulfide) groups is 1. The van der Waals surface area contributed by atoms with Crippen LogP contribution in [-0.2, 0) is 5.88 Å². The van der Waals surface area contributed by atoms with Gasteiger partial charge < -0.3 is 0 Å². The molecule has 20 heavy (non-hydrogen) atoms. The molecule has 0 N–H and O–H groups in total. The lowest BCUT2D eigenvalue weighted by atomic mass is 10.2. The van der Waals surface area contributed by atoms with Crippen molar-refractivity contribution in [2.75, 3.05) is 0 Å². The molecule has 0 aliphatic carbocycles. The number of aryl methyl sites for hydroxylation is 1. The summed E-state index contributed by atoms with van der Waals surface area (Å²) in [6.07, 6.45) is 0. The van der Waals surface area contributed by atoms with E-state index in [1.807, 2.05) is 61.5 Å². The Hall–Kier alpha value is -2.07. The van der Waals surface area contributed by atoms with Crippen LogP contribution in [0.2, 0.25) is 0 Å². The highest BCUT2D eigenvalue weighted by Crippen LogP contribution is 2.19. The van der Waals surface area contributed by atoms with Gasteiger partial charge in [0.15, 0.2) is 0 Å². The second-order valence-corrected chi connectivity index (χ2v) is 5.51. The van der Waals surface area contributed by atoms with Crippen molar-refractivity contribution in [2.24, 2.45) is 0 Å². The number of hydrogen-bond donors (Lipinski definition) is 0. The molecule has 0 unspecified atom stereocenters. The van der Waals surface area contributed by atoms with Crippen molar-refractivity contribution in [3.63, 3.8) is 0 Å². The molecule has 0 amide bonds. The zero-order valence-corrected chi connectivity index (χ0v) is 11.9. The smallest absolute Gasteiger partial charge is 0.262 e. The van der Waals surface area contributed by atoms with Crippen molar-refractivity contribution < 1.29 is 0 Å². The van der Waals surface area contributed by atoms with Crippen molar-refractivity contribution in [1.82, 2.24) is 9.55 Å². The van der Waals surface area contributed by atoms with Gasteiger partial charge in [0.25, 0.3) is 5.56 Å². The van der Waals surface area contributed by atoms with E-state index in [0.717, 1.165) is 16.2 Å². The van der Waals surface area contributed by atoms with Gasteiger partial charge in [0.2, 0.25) is 0 Å². The molecule has 0 bridgehead atoms. The highest BCUT2D eigenvalue weighted by molar-refractivity contribution is 7.98. The summed E-state index contributed by atoms with van der Waals surface area (Å²) < 4.78 is 1.72. The first-order valence-electron chi connectivity index (χ1n) is 6.40. The Morgan fingerprint density at radius 1 is 1.05 bits per heavy atom. The third kappa shape index (κ3) is 2.47. The molecule has 0 aliphatic rings. The Kier molecular flexibility index (Phi) is 3.56. The van der Waals surface area contributed by atoms with E-state index in [9.17, 15) is 4.79 Å². The van der Waals surface area contributed by atoms with Gasteiger partial charge in [-0.05, 0) is 31.2 Å². The van der Waals surface area contributed by atoms with Crippen LogP contribution in [0, 0.1) is 6.92 Å². The molecule has 0 atom stereocenters. The third-order valence-corrected chi connectivity index (χ3v) is 4.15. The molecule has 3 rings (SSSR count). The van der Waals surface area contributed by atoms with Gasteiger partial charge >= 0.3 is 0 Å². The van der Waals surface area contributed by atoms with Crippen LogP contribution in [0.15, 0.2) is 64.3 Å². The molecule has 100 valence electrons. The lowest BCUT2D eigenvalue weighted by Crippen LogP contribution is -2.22. The Morgan fingerprint density at radius 3 is 2.55 bits per heavy atom. The maximum absolute atomic E-state index is 12.5. The minimum absolute atomic E-state index is 0.0246. The number of hydrogen-bond acceptors (Lipinski definition) is 3. The van der Waals surface area contributed by atoms with Gasteiger partial charge in [-0.25, -0.2) is 4.98 Å². The van der Waals surface area contributed by atoms with Gasteiger partial charge in [-0.3, -0.25) is 9.36 Å². The quantitative estimate of drug-likeness (QED) is 0.690. The van der Waals surface area contributed by atoms with Gasteiger partial charge in [0.05, 0.1) is 16.8 Å². The van der Waals surface area contributed by atoms with Crippen LogP contribution in [0.4, 0.5) is 0 Å². The summed E-state index contributed by atoms with van der Waals surface area (Å²) in [6.45, 7) is 1.87. The lowest BCUT2D eigenvalue weighted by Gasteiger charge is -2.10. The maximum Gasteiger partial charge on any atom is 0.262 e. The molecular weight excluding hydrogens is 268 g/mol. The van der Waals surface area contributed by atoms with Crippen LogP contribution >= 0.6 is 11.8 Å². The highest BCUT2D eigenvalue weighted by atomic mass is 32.2. The monoisotopic (exact) mass is 282 g/mol. The van der Waals surface area contributed by atoms with Crippen LogP contribution in [0.1, 0.15) is 5.82 Å². The number of para-hydroxylation sites is 1. The molecule has 2 aromatic carbocycles. The first-order chi connectivity index (χ1) is 9.75. The number of nitrogens with zero attached hydrogens (tertiary/aromatic N) is 2. The van der Waals surface area contributed by atoms with Crippen molar-refractivity contribution in [3.8, 4) is 0 Å². The largest absolute Gasteiger partial charge is 0.286 e. The fourth-order valence-corrected chi connectivity index (χ4v) is 3.02. The normalized spacial score (nSPS) is 10.8. The van der Waals surface area contributed by atoms with Crippen LogP contribution < -0.4 is 5.56 Å². The summed E-state index contributed by atoms with van der Waals surface area (Å²) in [5.41, 5.74) is 0.785. The molecule has 0 radical (unpaired) electrons. The number of aromatic nitrogens is 2. The van der Waals surface area contributed by atoms with Gasteiger partial charge in [0.1, 0.15) is 5.82 Å². The molecule has 0 aliphatic heterocycles. The van der Waals surface area contributed by atoms with E-state index in [1.165, 1.54) is 0 Å². The van der Waals surface area contributed by atoms with Crippen molar-refractivity contribution in [1.29, 1.82) is 0 Å². The summed E-state index contributed by atoms with van der Waals surface area (Å²) in [7, 11) is 0. The molecule has 0 spiro atoms. The highest BCUT2D eigenvalue weighted by Gasteiger charge is 2.07. The van der Waals surface area contributed by atoms with Gasteiger partial charge in [-0.1, -0.05) is 30.3 Å². The van der Waals surface area contributed by atoms with Crippen LogP contribution in [0.3, 0.4) is 0 Å². The van der Waals surface area contributed by atoms with Crippen molar-refractivity contribution >= 4 is 22.7 Å². The van der Waals surface area contributed by atoms with E-state index >= 15 is 0 Å². The summed E-state index contributed by atoms with van der Waals surface area (Å²) in [5.74, 6) is 1.32. The minimum Gasteiger partial charge on any atom is -0.286 e. The Morgan fingerprint density at radius 2 is 1.75 bits per heavy atom. The maximum atomic E-state index is 12.5. The second-order valence-electron chi connectivity index (χ2n) is 4.50. The molecule has 0 saturated carbocycles. The van der Waals surface area contributed by atoms with Gasteiger partial charge in [-0.2, -0.15) is 0 Å². The van der Waals surface area contributed by atoms with E-state index < -0.39 is 0 Å². The van der Waals surface area contributed by atoms with Gasteiger partial charge in [0, 0.05) is 4.90 Å². The van der Waals surface area contributed by atoms with Gasteiger partial charge in [-0.15, -0.1) is 11.8 Å². The fourth-order valence-electron chi connectivity index (χ4n) is 2.09. The van der Waals surface area contributed by atoms with Crippen LogP contribution in [-0.4, -0.2) is 9.55 Å². The Balaban J connectivity index is 1.97. The predicted octanol–water partition coefficient (Wildman–Crippen LogP) is 3.45. The molecule has 1 heterocycles. The molecule has 3 nitrogen and oxygen atoms in total. The Labute approximate surface area is 121 Å². The lowest BCUT2D eigenvalue weighted by molar-refractivity contribution is 0.776. The SMILES string of the molecule is Cc1nc2ccccc2c(=O)n1CSc1ccccc1. The standard InChI is InChI=1S/C16H14N2OS/c1-12-17-15-10-6-5-9-14(15)16(19)18(12)11-20-13-7-3-2-4-8-13/h2-10H,11H2,1H3.